The number of nitrogens with one attached hydrogen (secondary N) is 2. The molecule has 0 bridgehead atoms. The number of piperidine rings is 1. The second-order valence-electron chi connectivity index (χ2n) is 6.23. The standard InChI is InChI=1S/C19H18N2O2/c22-18-8-5-13(11-20-18)19(23)21-15-6-7-17-14(10-15)9-12-3-1-2-4-16(12)17/h1-4,6-7,10,13H,5,8-9,11H2,(H,20,22)(H,21,23). The lowest BCUT2D eigenvalue weighted by Crippen LogP contribution is -2.40. The normalized spacial score (nSPS) is 18.8. The summed E-state index contributed by atoms with van der Waals surface area (Å²) in [5.41, 5.74) is 5.96. The predicted octanol–water partition coefficient (Wildman–Crippen LogP) is 2.72. The Labute approximate surface area is 134 Å². The minimum Gasteiger partial charge on any atom is -0.355 e. The zero-order valence-electron chi connectivity index (χ0n) is 12.8. The summed E-state index contributed by atoms with van der Waals surface area (Å²) < 4.78 is 0. The summed E-state index contributed by atoms with van der Waals surface area (Å²) in [6, 6.07) is 14.5. The molecule has 1 heterocycles. The van der Waals surface area contributed by atoms with Gasteiger partial charge in [0.05, 0.1) is 5.92 Å². The highest BCUT2D eigenvalue weighted by molar-refractivity contribution is 5.94. The van der Waals surface area contributed by atoms with Crippen LogP contribution in [0.5, 0.6) is 0 Å². The van der Waals surface area contributed by atoms with Gasteiger partial charge in [0.25, 0.3) is 0 Å². The van der Waals surface area contributed by atoms with Crippen molar-refractivity contribution < 1.29 is 9.59 Å². The molecule has 2 aliphatic rings. The largest absolute Gasteiger partial charge is 0.355 e. The third kappa shape index (κ3) is 2.61. The van der Waals surface area contributed by atoms with E-state index in [0.717, 1.165) is 12.1 Å². The first kappa shape index (κ1) is 14.0. The molecule has 1 aliphatic heterocycles. The number of carbonyl (C=O) groups is 2. The molecule has 1 unspecified atom stereocenters. The zero-order chi connectivity index (χ0) is 15.8. The van der Waals surface area contributed by atoms with Crippen LogP contribution in [0.1, 0.15) is 24.0 Å². The first-order valence-corrected chi connectivity index (χ1v) is 7.99. The molecule has 1 fully saturated rings. The van der Waals surface area contributed by atoms with Crippen molar-refractivity contribution in [2.45, 2.75) is 19.3 Å². The second kappa shape index (κ2) is 5.54. The maximum absolute atomic E-state index is 12.3. The molecular weight excluding hydrogens is 288 g/mol. The van der Waals surface area contributed by atoms with Crippen molar-refractivity contribution in [2.24, 2.45) is 5.92 Å². The summed E-state index contributed by atoms with van der Waals surface area (Å²) in [4.78, 5) is 23.5. The van der Waals surface area contributed by atoms with Gasteiger partial charge in [-0.2, -0.15) is 0 Å². The highest BCUT2D eigenvalue weighted by Gasteiger charge is 2.25. The smallest absolute Gasteiger partial charge is 0.229 e. The molecule has 1 atom stereocenters. The topological polar surface area (TPSA) is 58.2 Å². The van der Waals surface area contributed by atoms with Crippen molar-refractivity contribution in [3.63, 3.8) is 0 Å². The van der Waals surface area contributed by atoms with Crippen LogP contribution >= 0.6 is 0 Å². The Morgan fingerprint density at radius 1 is 1.09 bits per heavy atom. The van der Waals surface area contributed by atoms with Crippen LogP contribution in [0, 0.1) is 5.92 Å². The van der Waals surface area contributed by atoms with Crippen LogP contribution in [0.2, 0.25) is 0 Å². The number of anilines is 1. The molecule has 2 N–H and O–H groups in total. The number of rotatable bonds is 2. The summed E-state index contributed by atoms with van der Waals surface area (Å²) in [6.07, 6.45) is 1.96. The van der Waals surface area contributed by atoms with Crippen LogP contribution in [0.25, 0.3) is 11.1 Å². The van der Waals surface area contributed by atoms with Gasteiger partial charge in [-0.05, 0) is 47.2 Å². The van der Waals surface area contributed by atoms with Gasteiger partial charge >= 0.3 is 0 Å². The molecule has 0 radical (unpaired) electrons. The van der Waals surface area contributed by atoms with Gasteiger partial charge in [-0.1, -0.05) is 30.3 Å². The molecule has 2 aromatic carbocycles. The average Bonchev–Trinajstić information content (AvgIpc) is 2.93. The quantitative estimate of drug-likeness (QED) is 0.765. The van der Waals surface area contributed by atoms with Crippen molar-refractivity contribution >= 4 is 17.5 Å². The fraction of sp³-hybridized carbons (Fsp3) is 0.263. The van der Waals surface area contributed by atoms with E-state index < -0.39 is 0 Å². The van der Waals surface area contributed by atoms with Crippen molar-refractivity contribution in [1.82, 2.24) is 5.32 Å². The zero-order valence-corrected chi connectivity index (χ0v) is 12.8. The third-order valence-electron chi connectivity index (χ3n) is 4.70. The first-order valence-electron chi connectivity index (χ1n) is 7.99. The lowest BCUT2D eigenvalue weighted by atomic mass is 9.98. The lowest BCUT2D eigenvalue weighted by molar-refractivity contribution is -0.126. The van der Waals surface area contributed by atoms with Crippen LogP contribution in [0.4, 0.5) is 5.69 Å². The predicted molar refractivity (Wildman–Crippen MR) is 89.0 cm³/mol. The minimum absolute atomic E-state index is 0.0135. The SMILES string of the molecule is O=C1CCC(C(=O)Nc2ccc3c(c2)Cc2ccccc2-3)CN1. The monoisotopic (exact) mass is 306 g/mol. The summed E-state index contributed by atoms with van der Waals surface area (Å²) in [5.74, 6) is -0.122. The third-order valence-corrected chi connectivity index (χ3v) is 4.70. The van der Waals surface area contributed by atoms with Crippen molar-refractivity contribution in [3.8, 4) is 11.1 Å². The Kier molecular flexibility index (Phi) is 3.37. The molecule has 2 amide bonds. The maximum Gasteiger partial charge on any atom is 0.229 e. The summed E-state index contributed by atoms with van der Waals surface area (Å²) in [7, 11) is 0. The molecule has 4 rings (SSSR count). The van der Waals surface area contributed by atoms with E-state index in [0.29, 0.717) is 19.4 Å². The molecule has 23 heavy (non-hydrogen) atoms. The average molecular weight is 306 g/mol. The molecule has 2 aromatic rings. The first-order chi connectivity index (χ1) is 11.2. The highest BCUT2D eigenvalue weighted by atomic mass is 16.2. The summed E-state index contributed by atoms with van der Waals surface area (Å²) >= 11 is 0. The van der Waals surface area contributed by atoms with Crippen LogP contribution in [0.3, 0.4) is 0 Å². The Bertz CT molecular complexity index is 788. The van der Waals surface area contributed by atoms with Gasteiger partial charge < -0.3 is 10.6 Å². The molecule has 0 saturated carbocycles. The fourth-order valence-electron chi connectivity index (χ4n) is 3.42. The Hall–Kier alpha value is -2.62. The maximum atomic E-state index is 12.3. The number of carbonyl (C=O) groups excluding carboxylic acids is 2. The Balaban J connectivity index is 1.50. The molecule has 0 aromatic heterocycles. The summed E-state index contributed by atoms with van der Waals surface area (Å²) in [5, 5.41) is 5.75. The molecule has 1 saturated heterocycles. The van der Waals surface area contributed by atoms with E-state index in [9.17, 15) is 9.59 Å². The van der Waals surface area contributed by atoms with E-state index in [2.05, 4.69) is 47.0 Å². The number of hydrogen-bond donors (Lipinski definition) is 2. The van der Waals surface area contributed by atoms with Crippen LogP contribution in [-0.4, -0.2) is 18.4 Å². The molecule has 0 spiro atoms. The van der Waals surface area contributed by atoms with E-state index >= 15 is 0 Å². The van der Waals surface area contributed by atoms with Gasteiger partial charge in [0.2, 0.25) is 11.8 Å². The molecule has 4 nitrogen and oxygen atoms in total. The van der Waals surface area contributed by atoms with Gasteiger partial charge in [0, 0.05) is 18.7 Å². The number of fused-ring (bicyclic) bond motifs is 3. The van der Waals surface area contributed by atoms with Crippen LogP contribution in [-0.2, 0) is 16.0 Å². The Morgan fingerprint density at radius 3 is 2.74 bits per heavy atom. The molecule has 1 aliphatic carbocycles. The van der Waals surface area contributed by atoms with E-state index in [1.54, 1.807) is 0 Å². The van der Waals surface area contributed by atoms with Crippen molar-refractivity contribution in [3.05, 3.63) is 53.6 Å². The van der Waals surface area contributed by atoms with Gasteiger partial charge in [0.1, 0.15) is 0 Å². The summed E-state index contributed by atoms with van der Waals surface area (Å²) in [6.45, 7) is 0.432. The van der Waals surface area contributed by atoms with Gasteiger partial charge in [-0.3, -0.25) is 9.59 Å². The Morgan fingerprint density at radius 2 is 1.91 bits per heavy atom. The van der Waals surface area contributed by atoms with Crippen LogP contribution < -0.4 is 10.6 Å². The highest BCUT2D eigenvalue weighted by Crippen LogP contribution is 2.37. The second-order valence-corrected chi connectivity index (χ2v) is 6.23. The fourth-order valence-corrected chi connectivity index (χ4v) is 3.42. The van der Waals surface area contributed by atoms with Crippen molar-refractivity contribution in [2.75, 3.05) is 11.9 Å². The van der Waals surface area contributed by atoms with Gasteiger partial charge in [0.15, 0.2) is 0 Å². The van der Waals surface area contributed by atoms with Gasteiger partial charge in [-0.15, -0.1) is 0 Å². The number of amides is 2. The van der Waals surface area contributed by atoms with Crippen LogP contribution in [0.15, 0.2) is 42.5 Å². The molecular formula is C19H18N2O2. The van der Waals surface area contributed by atoms with Gasteiger partial charge in [-0.25, -0.2) is 0 Å². The number of benzene rings is 2. The van der Waals surface area contributed by atoms with E-state index in [-0.39, 0.29) is 17.7 Å². The van der Waals surface area contributed by atoms with E-state index in [1.807, 2.05) is 6.07 Å². The van der Waals surface area contributed by atoms with E-state index in [4.69, 9.17) is 0 Å². The minimum atomic E-state index is -0.141. The number of hydrogen-bond acceptors (Lipinski definition) is 2. The van der Waals surface area contributed by atoms with E-state index in [1.165, 1.54) is 22.3 Å². The lowest BCUT2D eigenvalue weighted by Gasteiger charge is -2.21. The van der Waals surface area contributed by atoms with Crippen molar-refractivity contribution in [1.29, 1.82) is 0 Å². The molecule has 4 heteroatoms. The molecule has 116 valence electrons.